The summed E-state index contributed by atoms with van der Waals surface area (Å²) in [5.41, 5.74) is 0.979. The highest BCUT2D eigenvalue weighted by Gasteiger charge is 2.33. The molecule has 0 unspecified atom stereocenters. The van der Waals surface area contributed by atoms with Crippen LogP contribution >= 0.6 is 0 Å². The molecule has 1 saturated heterocycles. The number of rotatable bonds is 8. The lowest BCUT2D eigenvalue weighted by Gasteiger charge is -2.31. The van der Waals surface area contributed by atoms with Gasteiger partial charge in [-0.1, -0.05) is 12.1 Å². The van der Waals surface area contributed by atoms with Crippen molar-refractivity contribution in [2.45, 2.75) is 30.7 Å². The maximum Gasteiger partial charge on any atom is 0.243 e. The van der Waals surface area contributed by atoms with Gasteiger partial charge in [0.25, 0.3) is 0 Å². The minimum Gasteiger partial charge on any atom is -0.497 e. The summed E-state index contributed by atoms with van der Waals surface area (Å²) in [6.45, 7) is 2.49. The first-order valence-corrected chi connectivity index (χ1v) is 11.9. The fourth-order valence-electron chi connectivity index (χ4n) is 3.79. The van der Waals surface area contributed by atoms with Gasteiger partial charge in [0.05, 0.1) is 32.3 Å². The third-order valence-electron chi connectivity index (χ3n) is 5.79. The lowest BCUT2D eigenvalue weighted by atomic mass is 9.96. The van der Waals surface area contributed by atoms with Crippen molar-refractivity contribution in [3.63, 3.8) is 0 Å². The minimum absolute atomic E-state index is 0.0588. The van der Waals surface area contributed by atoms with E-state index in [0.717, 1.165) is 11.3 Å². The van der Waals surface area contributed by atoms with Gasteiger partial charge < -0.3 is 19.5 Å². The van der Waals surface area contributed by atoms with E-state index in [-0.39, 0.29) is 35.9 Å². The van der Waals surface area contributed by atoms with Crippen LogP contribution in [0.4, 0.5) is 0 Å². The first kappa shape index (κ1) is 23.9. The Morgan fingerprint density at radius 3 is 2.16 bits per heavy atom. The summed E-state index contributed by atoms with van der Waals surface area (Å²) in [5, 5.41) is 3.04. The quantitative estimate of drug-likeness (QED) is 0.648. The molecule has 1 N–H and O–H groups in total. The van der Waals surface area contributed by atoms with Crippen LogP contribution in [0.15, 0.2) is 47.4 Å². The molecule has 0 aliphatic carbocycles. The second kappa shape index (κ2) is 10.2. The molecule has 0 spiro atoms. The Balaban J connectivity index is 1.60. The third kappa shape index (κ3) is 5.16. The first-order valence-electron chi connectivity index (χ1n) is 10.5. The maximum absolute atomic E-state index is 13.1. The fraction of sp³-hybridized carbons (Fsp3) is 0.435. The van der Waals surface area contributed by atoms with Gasteiger partial charge in [0, 0.05) is 25.1 Å². The molecule has 9 heteroatoms. The molecule has 0 aromatic heterocycles. The van der Waals surface area contributed by atoms with Crippen molar-refractivity contribution in [2.24, 2.45) is 5.92 Å². The van der Waals surface area contributed by atoms with Crippen LogP contribution in [0.25, 0.3) is 0 Å². The maximum atomic E-state index is 13.1. The lowest BCUT2D eigenvalue weighted by molar-refractivity contribution is -0.126. The van der Waals surface area contributed by atoms with Crippen LogP contribution in [0.5, 0.6) is 17.2 Å². The zero-order valence-electron chi connectivity index (χ0n) is 18.8. The number of hydrogen-bond donors (Lipinski definition) is 1. The van der Waals surface area contributed by atoms with E-state index < -0.39 is 10.0 Å². The zero-order chi connectivity index (χ0) is 23.3. The molecule has 1 amide bonds. The van der Waals surface area contributed by atoms with Crippen molar-refractivity contribution in [3.8, 4) is 17.2 Å². The van der Waals surface area contributed by atoms with Crippen LogP contribution in [0.2, 0.25) is 0 Å². The number of amides is 1. The highest BCUT2D eigenvalue weighted by atomic mass is 32.2. The Kier molecular flexibility index (Phi) is 7.63. The first-order chi connectivity index (χ1) is 15.3. The predicted molar refractivity (Wildman–Crippen MR) is 121 cm³/mol. The average molecular weight is 463 g/mol. The summed E-state index contributed by atoms with van der Waals surface area (Å²) in [4.78, 5) is 12.9. The van der Waals surface area contributed by atoms with E-state index in [0.29, 0.717) is 24.3 Å². The second-order valence-corrected chi connectivity index (χ2v) is 9.64. The van der Waals surface area contributed by atoms with Gasteiger partial charge in [0.15, 0.2) is 11.5 Å². The molecule has 0 radical (unpaired) electrons. The van der Waals surface area contributed by atoms with Crippen LogP contribution in [0.1, 0.15) is 31.4 Å². The molecule has 1 fully saturated rings. The van der Waals surface area contributed by atoms with Crippen LogP contribution in [-0.2, 0) is 14.8 Å². The topological polar surface area (TPSA) is 94.2 Å². The largest absolute Gasteiger partial charge is 0.497 e. The molecule has 0 saturated carbocycles. The highest BCUT2D eigenvalue weighted by Crippen LogP contribution is 2.32. The van der Waals surface area contributed by atoms with E-state index in [1.165, 1.54) is 30.7 Å². The second-order valence-electron chi connectivity index (χ2n) is 7.70. The third-order valence-corrected chi connectivity index (χ3v) is 7.69. The average Bonchev–Trinajstić information content (AvgIpc) is 2.83. The Hall–Kier alpha value is -2.78. The Labute approximate surface area is 189 Å². The Bertz CT molecular complexity index is 1030. The molecule has 1 aliphatic heterocycles. The molecule has 32 heavy (non-hydrogen) atoms. The van der Waals surface area contributed by atoms with Gasteiger partial charge in [-0.3, -0.25) is 4.79 Å². The number of hydrogen-bond acceptors (Lipinski definition) is 6. The normalized spacial score (nSPS) is 16.2. The number of methoxy groups -OCH3 is 3. The van der Waals surface area contributed by atoms with Crippen molar-refractivity contribution in [1.82, 2.24) is 9.62 Å². The molecule has 1 heterocycles. The van der Waals surface area contributed by atoms with Crippen molar-refractivity contribution in [3.05, 3.63) is 48.0 Å². The number of sulfonamides is 1. The molecule has 3 rings (SSSR count). The van der Waals surface area contributed by atoms with Gasteiger partial charge in [-0.15, -0.1) is 0 Å². The van der Waals surface area contributed by atoms with E-state index in [1.807, 2.05) is 31.2 Å². The molecule has 0 bridgehead atoms. The van der Waals surface area contributed by atoms with E-state index in [2.05, 4.69) is 5.32 Å². The molecular weight excluding hydrogens is 432 g/mol. The number of carbonyl (C=O) groups excluding carboxylic acids is 1. The fourth-order valence-corrected chi connectivity index (χ4v) is 5.28. The molecule has 174 valence electrons. The van der Waals surface area contributed by atoms with E-state index >= 15 is 0 Å². The highest BCUT2D eigenvalue weighted by molar-refractivity contribution is 7.89. The summed E-state index contributed by atoms with van der Waals surface area (Å²) in [6, 6.07) is 11.9. The minimum atomic E-state index is -3.69. The van der Waals surface area contributed by atoms with Crippen molar-refractivity contribution in [2.75, 3.05) is 34.4 Å². The van der Waals surface area contributed by atoms with Gasteiger partial charge in [0.2, 0.25) is 15.9 Å². The molecule has 1 atom stereocenters. The van der Waals surface area contributed by atoms with E-state index in [9.17, 15) is 13.2 Å². The summed E-state index contributed by atoms with van der Waals surface area (Å²) in [6.07, 6.45) is 0.932. The summed E-state index contributed by atoms with van der Waals surface area (Å²) < 4.78 is 43.1. The predicted octanol–water partition coefficient (Wildman–Crippen LogP) is 2.99. The lowest BCUT2D eigenvalue weighted by Crippen LogP contribution is -2.43. The summed E-state index contributed by atoms with van der Waals surface area (Å²) >= 11 is 0. The van der Waals surface area contributed by atoms with Crippen molar-refractivity contribution < 1.29 is 27.4 Å². The Morgan fingerprint density at radius 2 is 1.59 bits per heavy atom. The molecule has 1 aliphatic rings. The molecular formula is C23H30N2O6S. The SMILES string of the molecule is COc1ccc([C@H](C)NC(=O)C2CCN(S(=O)(=O)c3ccc(OC)c(OC)c3)CC2)cc1. The van der Waals surface area contributed by atoms with Crippen LogP contribution in [0, 0.1) is 5.92 Å². The summed E-state index contributed by atoms with van der Waals surface area (Å²) in [7, 11) is 0.883. The Morgan fingerprint density at radius 1 is 0.969 bits per heavy atom. The molecule has 2 aromatic carbocycles. The standard InChI is InChI=1S/C23H30N2O6S/c1-16(17-5-7-19(29-2)8-6-17)24-23(26)18-11-13-25(14-12-18)32(27,28)20-9-10-21(30-3)22(15-20)31-4/h5-10,15-16,18H,11-14H2,1-4H3,(H,24,26)/t16-/m0/s1. The van der Waals surface area contributed by atoms with Gasteiger partial charge in [-0.05, 0) is 49.6 Å². The number of benzene rings is 2. The monoisotopic (exact) mass is 462 g/mol. The van der Waals surface area contributed by atoms with Crippen molar-refractivity contribution >= 4 is 15.9 Å². The van der Waals surface area contributed by atoms with Crippen LogP contribution < -0.4 is 19.5 Å². The number of nitrogens with zero attached hydrogens (tertiary/aromatic N) is 1. The van der Waals surface area contributed by atoms with Crippen LogP contribution in [-0.4, -0.2) is 53.0 Å². The van der Waals surface area contributed by atoms with Gasteiger partial charge in [-0.2, -0.15) is 4.31 Å². The van der Waals surface area contributed by atoms with Crippen LogP contribution in [0.3, 0.4) is 0 Å². The van der Waals surface area contributed by atoms with E-state index in [1.54, 1.807) is 13.2 Å². The number of nitrogens with one attached hydrogen (secondary N) is 1. The number of piperidine rings is 1. The van der Waals surface area contributed by atoms with E-state index in [4.69, 9.17) is 14.2 Å². The number of carbonyl (C=O) groups is 1. The zero-order valence-corrected chi connectivity index (χ0v) is 19.6. The van der Waals surface area contributed by atoms with Gasteiger partial charge in [-0.25, -0.2) is 8.42 Å². The number of ether oxygens (including phenoxy) is 3. The smallest absolute Gasteiger partial charge is 0.243 e. The summed E-state index contributed by atoms with van der Waals surface area (Å²) in [5.74, 6) is 1.29. The molecule has 2 aromatic rings. The van der Waals surface area contributed by atoms with Gasteiger partial charge in [0.1, 0.15) is 5.75 Å². The van der Waals surface area contributed by atoms with Crippen molar-refractivity contribution in [1.29, 1.82) is 0 Å². The molecule has 8 nitrogen and oxygen atoms in total. The van der Waals surface area contributed by atoms with Gasteiger partial charge >= 0.3 is 0 Å².